The predicted octanol–water partition coefficient (Wildman–Crippen LogP) is 2.97. The van der Waals surface area contributed by atoms with Gasteiger partial charge in [-0.1, -0.05) is 21.8 Å². The summed E-state index contributed by atoms with van der Waals surface area (Å²) in [6, 6.07) is 9.52. The molecule has 8 heteroatoms. The van der Waals surface area contributed by atoms with E-state index in [1.165, 1.54) is 6.20 Å². The van der Waals surface area contributed by atoms with Gasteiger partial charge in [0.2, 0.25) is 0 Å². The van der Waals surface area contributed by atoms with Gasteiger partial charge in [-0.15, -0.1) is 5.10 Å². The van der Waals surface area contributed by atoms with Crippen molar-refractivity contribution in [2.24, 2.45) is 0 Å². The van der Waals surface area contributed by atoms with Crippen LogP contribution < -0.4 is 5.32 Å². The van der Waals surface area contributed by atoms with Gasteiger partial charge in [0.25, 0.3) is 5.91 Å². The molecular weight excluding hydrogens is 326 g/mol. The van der Waals surface area contributed by atoms with E-state index in [4.69, 9.17) is 4.52 Å². The number of carbonyl (C=O) groups excluding carboxylic acids is 1. The van der Waals surface area contributed by atoms with Gasteiger partial charge < -0.3 is 9.84 Å². The van der Waals surface area contributed by atoms with Crippen LogP contribution in [0.1, 0.15) is 34.6 Å². The number of rotatable bonds is 6. The Morgan fingerprint density at radius 3 is 3.00 bits per heavy atom. The summed E-state index contributed by atoms with van der Waals surface area (Å²) < 4.78 is 8.62. The lowest BCUT2D eigenvalue weighted by Gasteiger charge is -2.23. The largest absolute Gasteiger partial charge is 0.364 e. The summed E-state index contributed by atoms with van der Waals surface area (Å²) in [5.74, 6) is -0.171. The minimum atomic E-state index is -0.171. The SMILES string of the molecule is C[C@@H](c1ccon1)N(C)Cc1cccc(C(=O)Nc2cnns2)c1. The van der Waals surface area contributed by atoms with Crippen LogP contribution in [0.5, 0.6) is 0 Å². The number of nitrogens with zero attached hydrogens (tertiary/aromatic N) is 4. The standard InChI is InChI=1S/C16H17N5O2S/c1-11(14-6-7-23-19-14)21(2)10-12-4-3-5-13(8-12)16(22)18-15-9-17-20-24-15/h3-9,11H,10H2,1-2H3,(H,18,22)/t11-/m0/s1. The van der Waals surface area contributed by atoms with E-state index in [0.29, 0.717) is 17.1 Å². The highest BCUT2D eigenvalue weighted by atomic mass is 32.1. The molecule has 0 unspecified atom stereocenters. The molecule has 124 valence electrons. The first-order chi connectivity index (χ1) is 11.6. The van der Waals surface area contributed by atoms with Crippen molar-refractivity contribution in [2.45, 2.75) is 19.5 Å². The van der Waals surface area contributed by atoms with E-state index in [0.717, 1.165) is 22.8 Å². The highest BCUT2D eigenvalue weighted by Crippen LogP contribution is 2.20. The molecule has 2 aromatic heterocycles. The molecule has 3 rings (SSSR count). The zero-order valence-corrected chi connectivity index (χ0v) is 14.2. The van der Waals surface area contributed by atoms with Crippen molar-refractivity contribution in [3.05, 3.63) is 59.6 Å². The zero-order chi connectivity index (χ0) is 16.9. The molecule has 0 fully saturated rings. The third-order valence-corrected chi connectivity index (χ3v) is 4.35. The molecule has 0 saturated carbocycles. The molecule has 0 saturated heterocycles. The molecule has 24 heavy (non-hydrogen) atoms. The average Bonchev–Trinajstić information content (AvgIpc) is 3.28. The Balaban J connectivity index is 1.67. The third kappa shape index (κ3) is 3.84. The second kappa shape index (κ2) is 7.33. The smallest absolute Gasteiger partial charge is 0.256 e. The van der Waals surface area contributed by atoms with Crippen molar-refractivity contribution in [1.29, 1.82) is 0 Å². The molecule has 0 bridgehead atoms. The van der Waals surface area contributed by atoms with Gasteiger partial charge in [-0.2, -0.15) is 0 Å². The lowest BCUT2D eigenvalue weighted by molar-refractivity contribution is 0.102. The van der Waals surface area contributed by atoms with Gasteiger partial charge >= 0.3 is 0 Å². The first kappa shape index (κ1) is 16.3. The minimum Gasteiger partial charge on any atom is -0.364 e. The van der Waals surface area contributed by atoms with Crippen LogP contribution in [-0.2, 0) is 6.54 Å². The van der Waals surface area contributed by atoms with E-state index >= 15 is 0 Å². The summed E-state index contributed by atoms with van der Waals surface area (Å²) in [7, 11) is 2.01. The fourth-order valence-corrected chi connectivity index (χ4v) is 2.72. The third-order valence-electron chi connectivity index (χ3n) is 3.77. The Bertz CT molecular complexity index is 789. The lowest BCUT2D eigenvalue weighted by atomic mass is 10.1. The van der Waals surface area contributed by atoms with E-state index in [9.17, 15) is 4.79 Å². The van der Waals surface area contributed by atoms with Crippen LogP contribution in [0.4, 0.5) is 5.00 Å². The van der Waals surface area contributed by atoms with Crippen LogP contribution in [0.15, 0.2) is 47.3 Å². The van der Waals surface area contributed by atoms with Crippen LogP contribution in [0.25, 0.3) is 0 Å². The maximum absolute atomic E-state index is 12.3. The van der Waals surface area contributed by atoms with Gasteiger partial charge in [-0.3, -0.25) is 9.69 Å². The van der Waals surface area contributed by atoms with Crippen LogP contribution in [-0.4, -0.2) is 32.6 Å². The van der Waals surface area contributed by atoms with Gasteiger partial charge in [0.05, 0.1) is 12.2 Å². The number of benzene rings is 1. The summed E-state index contributed by atoms with van der Waals surface area (Å²) in [6.45, 7) is 2.75. The van der Waals surface area contributed by atoms with E-state index < -0.39 is 0 Å². The molecule has 0 spiro atoms. The van der Waals surface area contributed by atoms with Crippen molar-refractivity contribution in [3.8, 4) is 0 Å². The molecule has 1 amide bonds. The van der Waals surface area contributed by atoms with Gasteiger partial charge in [0.15, 0.2) is 0 Å². The van der Waals surface area contributed by atoms with Crippen molar-refractivity contribution < 1.29 is 9.32 Å². The summed E-state index contributed by atoms with van der Waals surface area (Å²) in [6.07, 6.45) is 3.10. The minimum absolute atomic E-state index is 0.115. The topological polar surface area (TPSA) is 84.2 Å². The van der Waals surface area contributed by atoms with Crippen LogP contribution in [0.3, 0.4) is 0 Å². The highest BCUT2D eigenvalue weighted by molar-refractivity contribution is 7.10. The Hall–Kier alpha value is -2.58. The van der Waals surface area contributed by atoms with Gasteiger partial charge in [0.1, 0.15) is 17.0 Å². The Morgan fingerprint density at radius 1 is 1.42 bits per heavy atom. The number of amides is 1. The fourth-order valence-electron chi connectivity index (χ4n) is 2.31. The molecule has 7 nitrogen and oxygen atoms in total. The van der Waals surface area contributed by atoms with Crippen molar-refractivity contribution in [2.75, 3.05) is 12.4 Å². The van der Waals surface area contributed by atoms with Gasteiger partial charge in [-0.05, 0) is 31.7 Å². The van der Waals surface area contributed by atoms with Crippen LogP contribution in [0.2, 0.25) is 0 Å². The zero-order valence-electron chi connectivity index (χ0n) is 13.3. The maximum Gasteiger partial charge on any atom is 0.256 e. The monoisotopic (exact) mass is 343 g/mol. The Morgan fingerprint density at radius 2 is 2.29 bits per heavy atom. The number of carbonyl (C=O) groups is 1. The first-order valence-corrected chi connectivity index (χ1v) is 8.19. The Labute approximate surface area is 143 Å². The number of aromatic nitrogens is 3. The van der Waals surface area contributed by atoms with E-state index in [2.05, 4.69) is 31.9 Å². The maximum atomic E-state index is 12.3. The van der Waals surface area contributed by atoms with Crippen molar-refractivity contribution in [1.82, 2.24) is 19.6 Å². The summed E-state index contributed by atoms with van der Waals surface area (Å²) >= 11 is 1.15. The molecule has 2 heterocycles. The molecule has 0 aliphatic heterocycles. The summed E-state index contributed by atoms with van der Waals surface area (Å²) in [4.78, 5) is 14.4. The number of hydrogen-bond donors (Lipinski definition) is 1. The van der Waals surface area contributed by atoms with E-state index in [1.54, 1.807) is 12.3 Å². The van der Waals surface area contributed by atoms with E-state index in [-0.39, 0.29) is 11.9 Å². The molecule has 3 aromatic rings. The highest BCUT2D eigenvalue weighted by Gasteiger charge is 2.15. The van der Waals surface area contributed by atoms with Crippen molar-refractivity contribution in [3.63, 3.8) is 0 Å². The quantitative estimate of drug-likeness (QED) is 0.741. The van der Waals surface area contributed by atoms with Crippen molar-refractivity contribution >= 4 is 22.4 Å². The molecule has 0 aliphatic rings. The molecule has 1 aromatic carbocycles. The summed E-state index contributed by atoms with van der Waals surface area (Å²) in [5.41, 5.74) is 2.52. The van der Waals surface area contributed by atoms with Crippen LogP contribution >= 0.6 is 11.5 Å². The second-order valence-corrected chi connectivity index (χ2v) is 6.24. The molecule has 0 aliphatic carbocycles. The average molecular weight is 343 g/mol. The lowest BCUT2D eigenvalue weighted by Crippen LogP contribution is -2.22. The Kier molecular flexibility index (Phi) is 4.97. The number of hydrogen-bond acceptors (Lipinski definition) is 7. The second-order valence-electron chi connectivity index (χ2n) is 5.45. The van der Waals surface area contributed by atoms with Gasteiger partial charge in [0, 0.05) is 29.7 Å². The normalized spacial score (nSPS) is 12.3. The summed E-state index contributed by atoms with van der Waals surface area (Å²) in [5, 5.41) is 11.1. The number of nitrogens with one attached hydrogen (secondary N) is 1. The molecular formula is C16H17N5O2S. The first-order valence-electron chi connectivity index (χ1n) is 7.41. The fraction of sp³-hybridized carbons (Fsp3) is 0.250. The van der Waals surface area contributed by atoms with Crippen LogP contribution in [0, 0.1) is 0 Å². The molecule has 1 atom stereocenters. The van der Waals surface area contributed by atoms with E-state index in [1.807, 2.05) is 31.3 Å². The van der Waals surface area contributed by atoms with Gasteiger partial charge in [-0.25, -0.2) is 0 Å². The number of anilines is 1. The molecule has 0 radical (unpaired) electrons. The predicted molar refractivity (Wildman–Crippen MR) is 90.7 cm³/mol. The molecule has 1 N–H and O–H groups in total.